The van der Waals surface area contributed by atoms with Crippen LogP contribution in [0.25, 0.3) is 0 Å². The van der Waals surface area contributed by atoms with Crippen molar-refractivity contribution in [2.24, 2.45) is 0 Å². The van der Waals surface area contributed by atoms with Crippen LogP contribution in [-0.4, -0.2) is 12.4 Å². The average molecular weight is 342 g/mol. The van der Waals surface area contributed by atoms with E-state index in [1.165, 1.54) is 0 Å². The van der Waals surface area contributed by atoms with E-state index in [1.807, 2.05) is 55.5 Å². The topological polar surface area (TPSA) is 38.3 Å². The molecule has 0 aromatic heterocycles. The van der Waals surface area contributed by atoms with Gasteiger partial charge in [0.2, 0.25) is 0 Å². The Balaban J connectivity index is 1.71. The molecule has 0 fully saturated rings. The Kier molecular flexibility index (Phi) is 5.21. The summed E-state index contributed by atoms with van der Waals surface area (Å²) >= 11 is 5.95. The number of allylic oxidation sites excluding steroid dienone is 2. The van der Waals surface area contributed by atoms with E-state index in [4.69, 9.17) is 16.3 Å². The Morgan fingerprint density at radius 2 is 1.79 bits per heavy atom. The molecule has 0 spiro atoms. The van der Waals surface area contributed by atoms with Gasteiger partial charge in [0.25, 0.3) is 0 Å². The highest BCUT2D eigenvalue weighted by Crippen LogP contribution is 2.32. The fourth-order valence-corrected chi connectivity index (χ4v) is 3.06. The summed E-state index contributed by atoms with van der Waals surface area (Å²) in [6.07, 6.45) is 3.06. The lowest BCUT2D eigenvalue weighted by Gasteiger charge is -2.23. The third-order valence-corrected chi connectivity index (χ3v) is 4.31. The van der Waals surface area contributed by atoms with Gasteiger partial charge in [-0.05, 0) is 61.2 Å². The van der Waals surface area contributed by atoms with Crippen LogP contribution >= 0.6 is 11.6 Å². The van der Waals surface area contributed by atoms with E-state index in [1.54, 1.807) is 6.08 Å². The van der Waals surface area contributed by atoms with E-state index >= 15 is 0 Å². The number of halogens is 1. The first-order valence-electron chi connectivity index (χ1n) is 8.13. The van der Waals surface area contributed by atoms with Gasteiger partial charge in [-0.2, -0.15) is 0 Å². The number of rotatable bonds is 5. The number of benzene rings is 2. The van der Waals surface area contributed by atoms with Crippen LogP contribution in [0, 0.1) is 0 Å². The third kappa shape index (κ3) is 4.18. The highest BCUT2D eigenvalue weighted by atomic mass is 35.5. The molecule has 1 atom stereocenters. The molecule has 1 N–H and O–H groups in total. The van der Waals surface area contributed by atoms with Crippen LogP contribution in [0.1, 0.15) is 31.2 Å². The average Bonchev–Trinajstić information content (AvgIpc) is 2.57. The lowest BCUT2D eigenvalue weighted by Crippen LogP contribution is -2.16. The van der Waals surface area contributed by atoms with Crippen LogP contribution in [0.5, 0.6) is 5.75 Å². The maximum absolute atomic E-state index is 12.1. The molecule has 2 aromatic rings. The summed E-state index contributed by atoms with van der Waals surface area (Å²) in [5.74, 6) is 1.18. The van der Waals surface area contributed by atoms with E-state index in [0.717, 1.165) is 29.1 Å². The van der Waals surface area contributed by atoms with Gasteiger partial charge in [0.05, 0.1) is 6.61 Å². The van der Waals surface area contributed by atoms with Crippen molar-refractivity contribution in [2.75, 3.05) is 11.9 Å². The molecule has 1 aliphatic rings. The Morgan fingerprint density at radius 1 is 1.08 bits per heavy atom. The van der Waals surface area contributed by atoms with E-state index in [9.17, 15) is 4.79 Å². The molecule has 2 aromatic carbocycles. The van der Waals surface area contributed by atoms with Gasteiger partial charge >= 0.3 is 0 Å². The minimum atomic E-state index is 0.148. The van der Waals surface area contributed by atoms with Gasteiger partial charge in [-0.3, -0.25) is 4.79 Å². The Morgan fingerprint density at radius 3 is 2.46 bits per heavy atom. The number of hydrogen-bond acceptors (Lipinski definition) is 3. The number of anilines is 1. The quantitative estimate of drug-likeness (QED) is 0.814. The van der Waals surface area contributed by atoms with Gasteiger partial charge in [0, 0.05) is 28.9 Å². The number of hydrogen-bond donors (Lipinski definition) is 1. The Labute approximate surface area is 147 Å². The highest BCUT2D eigenvalue weighted by Gasteiger charge is 2.22. The molecular formula is C20H20ClNO2. The second-order valence-electron chi connectivity index (χ2n) is 5.88. The molecule has 0 bridgehead atoms. The minimum absolute atomic E-state index is 0.148. The summed E-state index contributed by atoms with van der Waals surface area (Å²) in [7, 11) is 0. The van der Waals surface area contributed by atoms with E-state index in [-0.39, 0.29) is 11.7 Å². The molecule has 0 saturated carbocycles. The van der Waals surface area contributed by atoms with Crippen LogP contribution in [0.3, 0.4) is 0 Å². The number of carbonyl (C=O) groups is 1. The summed E-state index contributed by atoms with van der Waals surface area (Å²) in [6, 6.07) is 15.5. The molecule has 1 aliphatic carbocycles. The standard InChI is InChI=1S/C20H20ClNO2/c1-2-24-20-9-7-17(8-10-20)22-18-11-15(12-19(23)13-18)14-3-5-16(21)6-4-14/h3-10,13,15,22H,2,11-12H2,1H3/t15-/m0/s1. The zero-order valence-electron chi connectivity index (χ0n) is 13.6. The second-order valence-corrected chi connectivity index (χ2v) is 6.31. The lowest BCUT2D eigenvalue weighted by atomic mass is 9.85. The molecule has 0 aliphatic heterocycles. The van der Waals surface area contributed by atoms with Gasteiger partial charge in [0.15, 0.2) is 5.78 Å². The van der Waals surface area contributed by atoms with Gasteiger partial charge < -0.3 is 10.1 Å². The van der Waals surface area contributed by atoms with Crippen molar-refractivity contribution in [3.63, 3.8) is 0 Å². The zero-order valence-corrected chi connectivity index (χ0v) is 14.3. The fraction of sp³-hybridized carbons (Fsp3) is 0.250. The molecule has 3 rings (SSSR count). The molecule has 3 nitrogen and oxygen atoms in total. The first-order chi connectivity index (χ1) is 11.6. The SMILES string of the molecule is CCOc1ccc(NC2=CC(=O)C[C@@H](c3ccc(Cl)cc3)C2)cc1. The van der Waals surface area contributed by atoms with Crippen LogP contribution in [0.15, 0.2) is 60.3 Å². The number of carbonyl (C=O) groups excluding carboxylic acids is 1. The van der Waals surface area contributed by atoms with Crippen molar-refractivity contribution >= 4 is 23.1 Å². The molecule has 0 heterocycles. The maximum Gasteiger partial charge on any atom is 0.158 e. The largest absolute Gasteiger partial charge is 0.494 e. The van der Waals surface area contributed by atoms with Crippen molar-refractivity contribution in [3.8, 4) is 5.75 Å². The predicted molar refractivity (Wildman–Crippen MR) is 97.8 cm³/mol. The second kappa shape index (κ2) is 7.54. The Bertz CT molecular complexity index is 735. The lowest BCUT2D eigenvalue weighted by molar-refractivity contribution is -0.115. The molecule has 0 unspecified atom stereocenters. The van der Waals surface area contributed by atoms with Crippen molar-refractivity contribution in [1.82, 2.24) is 0 Å². The van der Waals surface area contributed by atoms with Crippen LogP contribution in [0.2, 0.25) is 5.02 Å². The molecule has 0 amide bonds. The van der Waals surface area contributed by atoms with Crippen LogP contribution in [0.4, 0.5) is 5.69 Å². The molecule has 0 saturated heterocycles. The summed E-state index contributed by atoms with van der Waals surface area (Å²) in [5, 5.41) is 4.06. The maximum atomic E-state index is 12.1. The Hall–Kier alpha value is -2.26. The number of ketones is 1. The van der Waals surface area contributed by atoms with E-state index in [0.29, 0.717) is 18.1 Å². The van der Waals surface area contributed by atoms with Crippen molar-refractivity contribution in [2.45, 2.75) is 25.7 Å². The normalized spacial score (nSPS) is 17.3. The first kappa shape index (κ1) is 16.6. The summed E-state index contributed by atoms with van der Waals surface area (Å²) in [4.78, 5) is 12.1. The highest BCUT2D eigenvalue weighted by molar-refractivity contribution is 6.30. The summed E-state index contributed by atoms with van der Waals surface area (Å²) in [6.45, 7) is 2.61. The first-order valence-corrected chi connectivity index (χ1v) is 8.50. The van der Waals surface area contributed by atoms with Gasteiger partial charge in [-0.25, -0.2) is 0 Å². The predicted octanol–water partition coefficient (Wildman–Crippen LogP) is 5.18. The molecule has 4 heteroatoms. The van der Waals surface area contributed by atoms with E-state index < -0.39 is 0 Å². The van der Waals surface area contributed by atoms with Crippen molar-refractivity contribution < 1.29 is 9.53 Å². The molecule has 124 valence electrons. The minimum Gasteiger partial charge on any atom is -0.494 e. The third-order valence-electron chi connectivity index (χ3n) is 4.06. The monoisotopic (exact) mass is 341 g/mol. The fourth-order valence-electron chi connectivity index (χ4n) is 2.94. The number of nitrogens with one attached hydrogen (secondary N) is 1. The molecule has 0 radical (unpaired) electrons. The van der Waals surface area contributed by atoms with Crippen molar-refractivity contribution in [1.29, 1.82) is 0 Å². The molecule has 24 heavy (non-hydrogen) atoms. The molecular weight excluding hydrogens is 322 g/mol. The summed E-state index contributed by atoms with van der Waals surface area (Å²) < 4.78 is 5.45. The van der Waals surface area contributed by atoms with Crippen LogP contribution in [-0.2, 0) is 4.79 Å². The zero-order chi connectivity index (χ0) is 16.9. The smallest absolute Gasteiger partial charge is 0.158 e. The van der Waals surface area contributed by atoms with Gasteiger partial charge in [-0.15, -0.1) is 0 Å². The van der Waals surface area contributed by atoms with Gasteiger partial charge in [-0.1, -0.05) is 23.7 Å². The van der Waals surface area contributed by atoms with Crippen LogP contribution < -0.4 is 10.1 Å². The van der Waals surface area contributed by atoms with Gasteiger partial charge in [0.1, 0.15) is 5.75 Å². The van der Waals surface area contributed by atoms with Crippen molar-refractivity contribution in [3.05, 3.63) is 70.9 Å². The van der Waals surface area contributed by atoms with E-state index in [2.05, 4.69) is 5.32 Å². The number of ether oxygens (including phenoxy) is 1. The summed E-state index contributed by atoms with van der Waals surface area (Å²) in [5.41, 5.74) is 3.04.